The van der Waals surface area contributed by atoms with E-state index in [0.717, 1.165) is 0 Å². The summed E-state index contributed by atoms with van der Waals surface area (Å²) in [6.07, 6.45) is 0.0287. The number of aromatic nitrogens is 2. The predicted molar refractivity (Wildman–Crippen MR) is 108 cm³/mol. The predicted octanol–water partition coefficient (Wildman–Crippen LogP) is 2.97. The van der Waals surface area contributed by atoms with Gasteiger partial charge >= 0.3 is 0 Å². The fraction of sp³-hybridized carbons (Fsp3) is 0.250. The molecule has 6 nitrogen and oxygen atoms in total. The van der Waals surface area contributed by atoms with Crippen molar-refractivity contribution in [3.8, 4) is 0 Å². The number of imidazole rings is 1. The molecule has 30 heavy (non-hydrogen) atoms. The lowest BCUT2D eigenvalue weighted by molar-refractivity contribution is -0.123. The molecule has 0 atom stereocenters. The van der Waals surface area contributed by atoms with Gasteiger partial charge in [-0.05, 0) is 41.6 Å². The third kappa shape index (κ3) is 5.99. The molecule has 0 fully saturated rings. The normalized spacial score (nSPS) is 11.1. The highest BCUT2D eigenvalue weighted by Crippen LogP contribution is 2.28. The number of fused-ring (bicyclic) bond motifs is 1. The Labute approximate surface area is 174 Å². The van der Waals surface area contributed by atoms with E-state index in [9.17, 15) is 22.8 Å². The maximum atomic E-state index is 13.1. The SMILES string of the molecule is O=C(Cc1cccc(F)c1)NCCNC(=O)Cn1c(SC(F)F)nc2ccccc21. The number of thioether (sulfide) groups is 1. The van der Waals surface area contributed by atoms with Gasteiger partial charge in [-0.1, -0.05) is 24.3 Å². The summed E-state index contributed by atoms with van der Waals surface area (Å²) in [5, 5.41) is 5.33. The molecule has 2 aromatic carbocycles. The number of para-hydroxylation sites is 2. The number of carbonyl (C=O) groups excluding carboxylic acids is 2. The summed E-state index contributed by atoms with van der Waals surface area (Å²) >= 11 is 0.282. The number of benzene rings is 2. The molecule has 0 aliphatic heterocycles. The van der Waals surface area contributed by atoms with Gasteiger partial charge in [-0.15, -0.1) is 0 Å². The first-order valence-electron chi connectivity index (χ1n) is 9.10. The van der Waals surface area contributed by atoms with Crippen molar-refractivity contribution in [1.29, 1.82) is 0 Å². The van der Waals surface area contributed by atoms with Crippen LogP contribution < -0.4 is 10.6 Å². The van der Waals surface area contributed by atoms with Gasteiger partial charge in [0.05, 0.1) is 17.5 Å². The van der Waals surface area contributed by atoms with E-state index >= 15 is 0 Å². The second-order valence-electron chi connectivity index (χ2n) is 6.35. The molecule has 0 aliphatic carbocycles. The summed E-state index contributed by atoms with van der Waals surface area (Å²) in [6.45, 7) is 0.174. The molecule has 0 spiro atoms. The van der Waals surface area contributed by atoms with Gasteiger partial charge in [-0.25, -0.2) is 9.37 Å². The Morgan fingerprint density at radius 2 is 1.77 bits per heavy atom. The lowest BCUT2D eigenvalue weighted by Crippen LogP contribution is -2.36. The number of hydrogen-bond donors (Lipinski definition) is 2. The van der Waals surface area contributed by atoms with E-state index < -0.39 is 17.5 Å². The zero-order valence-corrected chi connectivity index (χ0v) is 16.6. The molecule has 1 aromatic heterocycles. The van der Waals surface area contributed by atoms with Gasteiger partial charge in [0.2, 0.25) is 11.8 Å². The van der Waals surface area contributed by atoms with Crippen molar-refractivity contribution in [3.63, 3.8) is 0 Å². The van der Waals surface area contributed by atoms with Gasteiger partial charge in [0.15, 0.2) is 5.16 Å². The van der Waals surface area contributed by atoms with Crippen molar-refractivity contribution in [3.05, 3.63) is 59.9 Å². The van der Waals surface area contributed by atoms with E-state index in [0.29, 0.717) is 16.6 Å². The number of hydrogen-bond acceptors (Lipinski definition) is 4. The fourth-order valence-corrected chi connectivity index (χ4v) is 3.47. The summed E-state index contributed by atoms with van der Waals surface area (Å²) in [4.78, 5) is 28.3. The minimum absolute atomic E-state index is 0.0287. The average Bonchev–Trinajstić information content (AvgIpc) is 3.02. The van der Waals surface area contributed by atoms with Crippen LogP contribution in [0, 0.1) is 5.82 Å². The molecule has 2 N–H and O–H groups in total. The molecule has 1 heterocycles. The second-order valence-corrected chi connectivity index (χ2v) is 7.31. The molecule has 2 amide bonds. The average molecular weight is 436 g/mol. The van der Waals surface area contributed by atoms with Crippen molar-refractivity contribution >= 4 is 34.6 Å². The molecule has 0 aliphatic rings. The van der Waals surface area contributed by atoms with Crippen LogP contribution in [0.25, 0.3) is 11.0 Å². The van der Waals surface area contributed by atoms with E-state index in [4.69, 9.17) is 0 Å². The first kappa shape index (κ1) is 21.7. The van der Waals surface area contributed by atoms with E-state index in [2.05, 4.69) is 15.6 Å². The topological polar surface area (TPSA) is 76.0 Å². The second kappa shape index (κ2) is 10.1. The Hall–Kier alpha value is -3.01. The first-order chi connectivity index (χ1) is 14.4. The van der Waals surface area contributed by atoms with Crippen LogP contribution in [0.15, 0.2) is 53.7 Å². The molecule has 0 saturated carbocycles. The van der Waals surface area contributed by atoms with E-state index in [1.165, 1.54) is 22.8 Å². The third-order valence-electron chi connectivity index (χ3n) is 4.14. The fourth-order valence-electron chi connectivity index (χ4n) is 2.87. The van der Waals surface area contributed by atoms with Gasteiger partial charge in [-0.3, -0.25) is 9.59 Å². The number of carbonyl (C=O) groups is 2. The van der Waals surface area contributed by atoms with Crippen LogP contribution >= 0.6 is 11.8 Å². The van der Waals surface area contributed by atoms with Crippen molar-refractivity contribution in [2.24, 2.45) is 0 Å². The van der Waals surface area contributed by atoms with Crippen molar-refractivity contribution in [1.82, 2.24) is 20.2 Å². The summed E-state index contributed by atoms with van der Waals surface area (Å²) < 4.78 is 40.2. The molecule has 0 saturated heterocycles. The lowest BCUT2D eigenvalue weighted by Gasteiger charge is -2.10. The maximum absolute atomic E-state index is 13.1. The molecule has 0 radical (unpaired) electrons. The number of rotatable bonds is 9. The summed E-state index contributed by atoms with van der Waals surface area (Å²) in [6, 6.07) is 12.6. The molecule has 158 valence electrons. The Balaban J connectivity index is 1.49. The van der Waals surface area contributed by atoms with Gasteiger partial charge in [0, 0.05) is 13.1 Å². The summed E-state index contributed by atoms with van der Waals surface area (Å²) in [5.41, 5.74) is 1.66. The molecule has 0 unspecified atom stereocenters. The van der Waals surface area contributed by atoms with Crippen molar-refractivity contribution in [2.75, 3.05) is 13.1 Å². The smallest absolute Gasteiger partial charge is 0.291 e. The van der Waals surface area contributed by atoms with Gasteiger partial charge in [-0.2, -0.15) is 8.78 Å². The number of alkyl halides is 2. The van der Waals surface area contributed by atoms with Crippen LogP contribution in [0.2, 0.25) is 0 Å². The highest BCUT2D eigenvalue weighted by atomic mass is 32.2. The van der Waals surface area contributed by atoms with Crippen LogP contribution in [0.1, 0.15) is 5.56 Å². The lowest BCUT2D eigenvalue weighted by atomic mass is 10.1. The Bertz CT molecular complexity index is 1040. The highest BCUT2D eigenvalue weighted by Gasteiger charge is 2.17. The zero-order valence-electron chi connectivity index (χ0n) is 15.8. The Morgan fingerprint density at radius 3 is 2.50 bits per heavy atom. The number of halogens is 3. The van der Waals surface area contributed by atoms with Gasteiger partial charge < -0.3 is 15.2 Å². The summed E-state index contributed by atoms with van der Waals surface area (Å²) in [7, 11) is 0. The molecular formula is C20H19F3N4O2S. The minimum atomic E-state index is -2.66. The number of nitrogens with zero attached hydrogens (tertiary/aromatic N) is 2. The van der Waals surface area contributed by atoms with E-state index in [1.54, 1.807) is 30.3 Å². The molecule has 0 bridgehead atoms. The third-order valence-corrected chi connectivity index (χ3v) is 4.84. The van der Waals surface area contributed by atoms with Crippen molar-refractivity contribution < 1.29 is 22.8 Å². The molecule has 10 heteroatoms. The van der Waals surface area contributed by atoms with Crippen LogP contribution in [0.5, 0.6) is 0 Å². The standard InChI is InChI=1S/C20H19F3N4O2S/c21-14-5-3-4-13(10-14)11-17(28)24-8-9-25-18(29)12-27-16-7-2-1-6-15(16)26-20(27)30-19(22)23/h1-7,10,19H,8-9,11-12H2,(H,24,28)(H,25,29). The van der Waals surface area contributed by atoms with E-state index in [-0.39, 0.29) is 48.9 Å². The largest absolute Gasteiger partial charge is 0.354 e. The van der Waals surface area contributed by atoms with Gasteiger partial charge in [0.25, 0.3) is 5.76 Å². The maximum Gasteiger partial charge on any atom is 0.291 e. The first-order valence-corrected chi connectivity index (χ1v) is 9.98. The minimum Gasteiger partial charge on any atom is -0.354 e. The number of nitrogens with one attached hydrogen (secondary N) is 2. The highest BCUT2D eigenvalue weighted by molar-refractivity contribution is 7.99. The Kier molecular flexibility index (Phi) is 7.34. The zero-order chi connectivity index (χ0) is 21.5. The van der Waals surface area contributed by atoms with E-state index in [1.807, 2.05) is 0 Å². The monoisotopic (exact) mass is 436 g/mol. The number of amides is 2. The molecule has 3 aromatic rings. The molecular weight excluding hydrogens is 417 g/mol. The van der Waals surface area contributed by atoms with Crippen LogP contribution in [-0.4, -0.2) is 40.2 Å². The quantitative estimate of drug-likeness (QED) is 0.400. The summed E-state index contributed by atoms with van der Waals surface area (Å²) in [5.74, 6) is -3.76. The van der Waals surface area contributed by atoms with Crippen molar-refractivity contribution in [2.45, 2.75) is 23.9 Å². The van der Waals surface area contributed by atoms with Crippen LogP contribution in [0.3, 0.4) is 0 Å². The van der Waals surface area contributed by atoms with Crippen LogP contribution in [0.4, 0.5) is 13.2 Å². The molecule has 3 rings (SSSR count). The van der Waals surface area contributed by atoms with Crippen LogP contribution in [-0.2, 0) is 22.6 Å². The van der Waals surface area contributed by atoms with Gasteiger partial charge in [0.1, 0.15) is 12.4 Å². The Morgan fingerprint density at radius 1 is 1.03 bits per heavy atom.